The number of likely N-dealkylation sites (N-methyl/N-ethyl adjacent to an activating group) is 7. The molecule has 1 fully saturated rings. The lowest BCUT2D eigenvalue weighted by molar-refractivity contribution is -0.152. The number of rotatable bonds is 11. The van der Waals surface area contributed by atoms with Crippen molar-refractivity contribution in [2.45, 2.75) is 145 Å². The zero-order chi connectivity index (χ0) is 57.1. The van der Waals surface area contributed by atoms with Gasteiger partial charge >= 0.3 is 0 Å². The summed E-state index contributed by atoms with van der Waals surface area (Å²) < 4.78 is 0. The zero-order valence-corrected chi connectivity index (χ0v) is 47.7. The number of hydrogen-bond donors (Lipinski definition) is 4. The molecule has 0 radical (unpaired) electrons. The summed E-state index contributed by atoms with van der Waals surface area (Å²) in [5.41, 5.74) is 0. The van der Waals surface area contributed by atoms with Crippen LogP contribution in [0.15, 0.2) is 12.2 Å². The Morgan fingerprint density at radius 3 is 1.41 bits per heavy atom. The number of allylic oxidation sites excluding steroid dienone is 2. The van der Waals surface area contributed by atoms with Gasteiger partial charge in [-0.2, -0.15) is 0 Å². The largest absolute Gasteiger partial charge is 0.345 e. The van der Waals surface area contributed by atoms with Crippen LogP contribution in [0.3, 0.4) is 0 Å². The number of nitrogens with zero attached hydrogens (tertiary/aromatic N) is 7. The van der Waals surface area contributed by atoms with E-state index in [9.17, 15) is 52.7 Å². The first-order chi connectivity index (χ1) is 34.3. The fraction of sp³-hybridized carbons (Fsp3) is 0.750. The second kappa shape index (κ2) is 30.9. The third-order valence-corrected chi connectivity index (χ3v) is 13.2. The third kappa shape index (κ3) is 20.7. The monoisotopic (exact) mass is 1050 g/mol. The lowest BCUT2D eigenvalue weighted by atomic mass is 9.96. The summed E-state index contributed by atoms with van der Waals surface area (Å²) in [5.74, 6) is -7.76. The Morgan fingerprint density at radius 1 is 0.473 bits per heavy atom. The van der Waals surface area contributed by atoms with Crippen LogP contribution in [0.5, 0.6) is 0 Å². The van der Waals surface area contributed by atoms with Gasteiger partial charge in [0.15, 0.2) is 0 Å². The average molecular weight is 1050 g/mol. The smallest absolute Gasteiger partial charge is 0.245 e. The maximum atomic E-state index is 14.5. The fourth-order valence-electron chi connectivity index (χ4n) is 8.38. The molecule has 7 unspecified atom stereocenters. The molecule has 0 aromatic rings. The highest BCUT2D eigenvalue weighted by molar-refractivity contribution is 5.97. The Labute approximate surface area is 440 Å². The van der Waals surface area contributed by atoms with Crippen LogP contribution < -0.4 is 21.3 Å². The van der Waals surface area contributed by atoms with Gasteiger partial charge < -0.3 is 55.6 Å². The molecule has 0 aromatic carbocycles. The molecular formula is C52H91N11O11. The topological polar surface area (TPSA) is 259 Å². The molecule has 11 amide bonds. The van der Waals surface area contributed by atoms with E-state index in [1.54, 1.807) is 13.8 Å². The summed E-state index contributed by atoms with van der Waals surface area (Å²) in [4.78, 5) is 161. The van der Waals surface area contributed by atoms with Crippen LogP contribution >= 0.6 is 0 Å². The lowest BCUT2D eigenvalue weighted by Crippen LogP contribution is -2.58. The Hall–Kier alpha value is -6.09. The minimum atomic E-state index is -1.16. The molecule has 1 heterocycles. The highest BCUT2D eigenvalue weighted by Crippen LogP contribution is 2.21. The van der Waals surface area contributed by atoms with Crippen molar-refractivity contribution in [2.24, 2.45) is 29.6 Å². The molecule has 1 aliphatic rings. The van der Waals surface area contributed by atoms with Gasteiger partial charge in [0.1, 0.15) is 36.3 Å². The molecule has 0 spiro atoms. The van der Waals surface area contributed by atoms with Crippen LogP contribution in [-0.4, -0.2) is 218 Å². The molecule has 4 N–H and O–H groups in total. The molecule has 1 aliphatic heterocycles. The number of nitrogens with one attached hydrogen (secondary N) is 4. The van der Waals surface area contributed by atoms with E-state index in [1.165, 1.54) is 80.8 Å². The van der Waals surface area contributed by atoms with E-state index in [-0.39, 0.29) is 49.4 Å². The minimum Gasteiger partial charge on any atom is -0.345 e. The fourth-order valence-corrected chi connectivity index (χ4v) is 8.38. The summed E-state index contributed by atoms with van der Waals surface area (Å²) >= 11 is 0. The highest BCUT2D eigenvalue weighted by atomic mass is 16.2. The van der Waals surface area contributed by atoms with Crippen LogP contribution in [0, 0.1) is 29.6 Å². The predicted molar refractivity (Wildman–Crippen MR) is 281 cm³/mol. The van der Waals surface area contributed by atoms with E-state index in [0.717, 1.165) is 9.80 Å². The van der Waals surface area contributed by atoms with Gasteiger partial charge in [0, 0.05) is 49.3 Å². The molecule has 420 valence electrons. The molecule has 1 saturated heterocycles. The Morgan fingerprint density at radius 2 is 0.905 bits per heavy atom. The molecule has 0 bridgehead atoms. The van der Waals surface area contributed by atoms with Crippen LogP contribution in [0.1, 0.15) is 108 Å². The van der Waals surface area contributed by atoms with Gasteiger partial charge in [0.2, 0.25) is 65.0 Å². The summed E-state index contributed by atoms with van der Waals surface area (Å²) in [5, 5.41) is 10.4. The first kappa shape index (κ1) is 65.9. The van der Waals surface area contributed by atoms with Gasteiger partial charge in [-0.1, -0.05) is 74.5 Å². The molecule has 74 heavy (non-hydrogen) atoms. The number of amides is 11. The minimum absolute atomic E-state index is 0.0938. The maximum Gasteiger partial charge on any atom is 0.245 e. The van der Waals surface area contributed by atoms with Crippen LogP contribution in [0.2, 0.25) is 0 Å². The first-order valence-corrected chi connectivity index (χ1v) is 25.8. The van der Waals surface area contributed by atoms with Crippen molar-refractivity contribution in [1.82, 2.24) is 55.6 Å². The number of hydrogen-bond acceptors (Lipinski definition) is 11. The van der Waals surface area contributed by atoms with Crippen molar-refractivity contribution < 1.29 is 52.7 Å². The van der Waals surface area contributed by atoms with Gasteiger partial charge in [0.25, 0.3) is 0 Å². The van der Waals surface area contributed by atoms with Gasteiger partial charge in [-0.15, -0.1) is 0 Å². The van der Waals surface area contributed by atoms with Crippen molar-refractivity contribution >= 4 is 65.0 Å². The number of carbonyl (C=O) groups excluding carboxylic acids is 11. The van der Waals surface area contributed by atoms with Gasteiger partial charge in [-0.05, 0) is 75.5 Å². The lowest BCUT2D eigenvalue weighted by Gasteiger charge is -2.37. The van der Waals surface area contributed by atoms with E-state index in [1.807, 2.05) is 67.5 Å². The summed E-state index contributed by atoms with van der Waals surface area (Å²) in [7, 11) is 9.91. The Bertz CT molecular complexity index is 2010. The molecule has 0 aromatic heterocycles. The van der Waals surface area contributed by atoms with E-state index in [0.29, 0.717) is 6.42 Å². The van der Waals surface area contributed by atoms with E-state index in [2.05, 4.69) is 21.3 Å². The van der Waals surface area contributed by atoms with Crippen molar-refractivity contribution in [3.63, 3.8) is 0 Å². The predicted octanol–water partition coefficient (Wildman–Crippen LogP) is 0.692. The maximum absolute atomic E-state index is 14.5. The Kier molecular flexibility index (Phi) is 27.6. The van der Waals surface area contributed by atoms with E-state index >= 15 is 0 Å². The zero-order valence-electron chi connectivity index (χ0n) is 47.7. The van der Waals surface area contributed by atoms with Crippen molar-refractivity contribution in [1.29, 1.82) is 0 Å². The summed E-state index contributed by atoms with van der Waals surface area (Å²) in [6, 6.07) is -6.59. The van der Waals surface area contributed by atoms with Crippen LogP contribution in [0.4, 0.5) is 0 Å². The van der Waals surface area contributed by atoms with Crippen molar-refractivity contribution in [2.75, 3.05) is 82.1 Å². The molecule has 7 atom stereocenters. The second-order valence-electron chi connectivity index (χ2n) is 21.7. The molecular weight excluding hydrogens is 955 g/mol. The summed E-state index contributed by atoms with van der Waals surface area (Å²) in [6.07, 6.45) is 5.18. The van der Waals surface area contributed by atoms with E-state index < -0.39 is 140 Å². The van der Waals surface area contributed by atoms with Crippen molar-refractivity contribution in [3.05, 3.63) is 12.2 Å². The third-order valence-electron chi connectivity index (χ3n) is 13.2. The average Bonchev–Trinajstić information content (AvgIpc) is 3.32. The van der Waals surface area contributed by atoms with Gasteiger partial charge in [-0.3, -0.25) is 52.7 Å². The quantitative estimate of drug-likeness (QED) is 0.210. The molecule has 1 rings (SSSR count). The molecule has 0 saturated carbocycles. The van der Waals surface area contributed by atoms with Crippen LogP contribution in [-0.2, 0) is 52.7 Å². The molecule has 22 nitrogen and oxygen atoms in total. The molecule has 22 heteroatoms. The summed E-state index contributed by atoms with van der Waals surface area (Å²) in [6.45, 7) is 17.3. The van der Waals surface area contributed by atoms with E-state index in [4.69, 9.17) is 0 Å². The van der Waals surface area contributed by atoms with Gasteiger partial charge in [-0.25, -0.2) is 0 Å². The van der Waals surface area contributed by atoms with Crippen LogP contribution in [0.25, 0.3) is 0 Å². The SMILES string of the molecule is CC=CCC(C)CC1C(=O)NCC(=O)N(C)CC(=O)N(C)C(CC(C)C)C(=O)NC(C(C)C)C(=O)N(C)CC(=O)NC(C)C(=O)NCC(=O)N(C)C(CC(C)C)C(=O)N(C)C(CC(C)C)C(=O)N(C)CC(=O)N1C. The van der Waals surface area contributed by atoms with Gasteiger partial charge in [0.05, 0.1) is 32.7 Å². The molecule has 0 aliphatic carbocycles. The standard InChI is InChI=1S/C52H91N11O11/c1-19-20-21-35(10)25-38-48(70)54-26-42(65)57(12)29-44(67)60(15)37(22-31(2)3)49(71)56-46(34(8)9)52(74)58(13)28-41(64)55-36(11)47(69)53-27-43(66)62(17)40(24-33(6)7)51(73)63(18)39(23-32(4)5)50(72)59(14)30-45(68)61(38)16/h19-20,31-40,46H,21-30H2,1-18H3,(H,53,69)(H,54,70)(H,55,64)(H,56,71). The first-order valence-electron chi connectivity index (χ1n) is 25.8. The Balaban J connectivity index is 3.84. The highest BCUT2D eigenvalue weighted by Gasteiger charge is 2.39. The second-order valence-corrected chi connectivity index (χ2v) is 21.7. The normalized spacial score (nSPS) is 24.5. The van der Waals surface area contributed by atoms with Crippen molar-refractivity contribution in [3.8, 4) is 0 Å². The number of carbonyl (C=O) groups is 11.